The summed E-state index contributed by atoms with van der Waals surface area (Å²) in [5.74, 6) is 1.77. The Kier molecular flexibility index (Phi) is 4.18. The van der Waals surface area contributed by atoms with Crippen molar-refractivity contribution < 1.29 is 4.79 Å². The normalized spacial score (nSPS) is 21.1. The number of nitrogens with one attached hydrogen (secondary N) is 1. The number of rotatable bonds is 4. The number of anilines is 2. The molecule has 3 heteroatoms. The second-order valence-corrected chi connectivity index (χ2v) is 6.83. The zero-order valence-corrected chi connectivity index (χ0v) is 13.1. The largest absolute Gasteiger partial charge is 0.372 e. The summed E-state index contributed by atoms with van der Waals surface area (Å²) < 4.78 is 0. The summed E-state index contributed by atoms with van der Waals surface area (Å²) >= 11 is 0. The lowest BCUT2D eigenvalue weighted by molar-refractivity contribution is -0.119. The molecule has 1 aliphatic heterocycles. The Hall–Kier alpha value is -1.51. The number of benzene rings is 1. The first-order valence-electron chi connectivity index (χ1n) is 8.29. The SMILES string of the molecule is CC1CCN(c2ccc(NC(=O)C(C)C3CC3)cc2)CC1. The summed E-state index contributed by atoms with van der Waals surface area (Å²) in [5.41, 5.74) is 2.19. The van der Waals surface area contributed by atoms with Gasteiger partial charge in [0.1, 0.15) is 0 Å². The van der Waals surface area contributed by atoms with Gasteiger partial charge in [0, 0.05) is 30.4 Å². The number of carbonyl (C=O) groups excluding carboxylic acids is 1. The van der Waals surface area contributed by atoms with E-state index in [2.05, 4.69) is 29.3 Å². The van der Waals surface area contributed by atoms with Gasteiger partial charge in [0.05, 0.1) is 0 Å². The Morgan fingerprint density at radius 2 is 1.76 bits per heavy atom. The van der Waals surface area contributed by atoms with Gasteiger partial charge in [0.25, 0.3) is 0 Å². The van der Waals surface area contributed by atoms with Gasteiger partial charge in [-0.15, -0.1) is 0 Å². The van der Waals surface area contributed by atoms with Crippen LogP contribution in [0.25, 0.3) is 0 Å². The molecule has 0 aromatic heterocycles. The molecule has 0 spiro atoms. The van der Waals surface area contributed by atoms with Crippen molar-refractivity contribution in [2.24, 2.45) is 17.8 Å². The number of hydrogen-bond donors (Lipinski definition) is 1. The fourth-order valence-electron chi connectivity index (χ4n) is 3.09. The Morgan fingerprint density at radius 3 is 2.33 bits per heavy atom. The quantitative estimate of drug-likeness (QED) is 0.910. The summed E-state index contributed by atoms with van der Waals surface area (Å²) in [4.78, 5) is 14.5. The van der Waals surface area contributed by atoms with Crippen LogP contribution < -0.4 is 10.2 Å². The smallest absolute Gasteiger partial charge is 0.227 e. The van der Waals surface area contributed by atoms with Gasteiger partial charge in [0.2, 0.25) is 5.91 Å². The van der Waals surface area contributed by atoms with E-state index in [4.69, 9.17) is 0 Å². The van der Waals surface area contributed by atoms with Crippen molar-refractivity contribution in [3.05, 3.63) is 24.3 Å². The van der Waals surface area contributed by atoms with Crippen LogP contribution >= 0.6 is 0 Å². The molecule has 1 atom stereocenters. The maximum atomic E-state index is 12.1. The van der Waals surface area contributed by atoms with Gasteiger partial charge < -0.3 is 10.2 Å². The van der Waals surface area contributed by atoms with Gasteiger partial charge in [-0.3, -0.25) is 4.79 Å². The fourth-order valence-corrected chi connectivity index (χ4v) is 3.09. The average molecular weight is 286 g/mol. The second kappa shape index (κ2) is 6.08. The minimum Gasteiger partial charge on any atom is -0.372 e. The van der Waals surface area contributed by atoms with E-state index in [0.717, 1.165) is 24.7 Å². The Bertz CT molecular complexity index is 484. The van der Waals surface area contributed by atoms with Gasteiger partial charge >= 0.3 is 0 Å². The van der Waals surface area contributed by atoms with Crippen molar-refractivity contribution in [2.45, 2.75) is 39.5 Å². The highest BCUT2D eigenvalue weighted by Gasteiger charge is 2.32. The van der Waals surface area contributed by atoms with Crippen LogP contribution in [0.4, 0.5) is 11.4 Å². The summed E-state index contributed by atoms with van der Waals surface area (Å²) in [5, 5.41) is 3.04. The van der Waals surface area contributed by atoms with Crippen LogP contribution in [0.15, 0.2) is 24.3 Å². The molecule has 1 saturated heterocycles. The van der Waals surface area contributed by atoms with Gasteiger partial charge in [-0.25, -0.2) is 0 Å². The van der Waals surface area contributed by atoms with Crippen LogP contribution in [0.2, 0.25) is 0 Å². The molecular formula is C18H26N2O. The van der Waals surface area contributed by atoms with Gasteiger partial charge in [-0.2, -0.15) is 0 Å². The zero-order chi connectivity index (χ0) is 14.8. The number of carbonyl (C=O) groups is 1. The van der Waals surface area contributed by atoms with E-state index < -0.39 is 0 Å². The standard InChI is InChI=1S/C18H26N2O/c1-13-9-11-20(12-10-13)17-7-5-16(6-8-17)19-18(21)14(2)15-3-4-15/h5-8,13-15H,3-4,9-12H2,1-2H3,(H,19,21). The molecule has 2 fully saturated rings. The van der Waals surface area contributed by atoms with Crippen LogP contribution in [0.3, 0.4) is 0 Å². The lowest BCUT2D eigenvalue weighted by atomic mass is 9.99. The Balaban J connectivity index is 1.57. The summed E-state index contributed by atoms with van der Waals surface area (Å²) in [6.45, 7) is 6.66. The maximum Gasteiger partial charge on any atom is 0.227 e. The Labute approximate surface area is 127 Å². The first-order chi connectivity index (χ1) is 10.1. The molecule has 3 rings (SSSR count). The fraction of sp³-hybridized carbons (Fsp3) is 0.611. The van der Waals surface area contributed by atoms with Crippen LogP contribution in [0.1, 0.15) is 39.5 Å². The lowest BCUT2D eigenvalue weighted by Crippen LogP contribution is -2.32. The molecule has 1 aromatic carbocycles. The predicted octanol–water partition coefficient (Wildman–Crippen LogP) is 3.91. The first kappa shape index (κ1) is 14.4. The maximum absolute atomic E-state index is 12.1. The topological polar surface area (TPSA) is 32.3 Å². The molecule has 1 aromatic rings. The molecule has 1 saturated carbocycles. The van der Waals surface area contributed by atoms with E-state index >= 15 is 0 Å². The lowest BCUT2D eigenvalue weighted by Gasteiger charge is -2.32. The van der Waals surface area contributed by atoms with E-state index in [1.54, 1.807) is 0 Å². The van der Waals surface area contributed by atoms with E-state index in [-0.39, 0.29) is 11.8 Å². The summed E-state index contributed by atoms with van der Waals surface area (Å²) in [7, 11) is 0. The molecule has 0 radical (unpaired) electrons. The molecule has 21 heavy (non-hydrogen) atoms. The van der Waals surface area contributed by atoms with Crippen molar-refractivity contribution in [2.75, 3.05) is 23.3 Å². The van der Waals surface area contributed by atoms with Gasteiger partial charge in [-0.05, 0) is 61.8 Å². The molecule has 0 bridgehead atoms. The highest BCUT2D eigenvalue weighted by molar-refractivity contribution is 5.92. The van der Waals surface area contributed by atoms with Crippen molar-refractivity contribution in [3.63, 3.8) is 0 Å². The highest BCUT2D eigenvalue weighted by Crippen LogP contribution is 2.37. The van der Waals surface area contributed by atoms with E-state index in [0.29, 0.717) is 5.92 Å². The minimum absolute atomic E-state index is 0.147. The summed E-state index contributed by atoms with van der Waals surface area (Å²) in [6.07, 6.45) is 4.97. The number of nitrogens with zero attached hydrogens (tertiary/aromatic N) is 1. The van der Waals surface area contributed by atoms with Crippen molar-refractivity contribution >= 4 is 17.3 Å². The number of hydrogen-bond acceptors (Lipinski definition) is 2. The van der Waals surface area contributed by atoms with Crippen molar-refractivity contribution in [3.8, 4) is 0 Å². The number of amides is 1. The van der Waals surface area contributed by atoms with E-state index in [1.807, 2.05) is 19.1 Å². The summed E-state index contributed by atoms with van der Waals surface area (Å²) in [6, 6.07) is 8.33. The third kappa shape index (κ3) is 3.58. The molecule has 1 unspecified atom stereocenters. The van der Waals surface area contributed by atoms with E-state index in [9.17, 15) is 4.79 Å². The van der Waals surface area contributed by atoms with E-state index in [1.165, 1.54) is 31.4 Å². The van der Waals surface area contributed by atoms with Crippen LogP contribution in [0, 0.1) is 17.8 Å². The zero-order valence-electron chi connectivity index (χ0n) is 13.1. The monoisotopic (exact) mass is 286 g/mol. The highest BCUT2D eigenvalue weighted by atomic mass is 16.1. The minimum atomic E-state index is 0.147. The molecule has 3 nitrogen and oxygen atoms in total. The third-order valence-electron chi connectivity index (χ3n) is 5.03. The van der Waals surface area contributed by atoms with Crippen LogP contribution in [-0.2, 0) is 4.79 Å². The number of piperidine rings is 1. The molecule has 2 aliphatic rings. The molecule has 1 N–H and O–H groups in total. The Morgan fingerprint density at radius 1 is 1.14 bits per heavy atom. The second-order valence-electron chi connectivity index (χ2n) is 6.83. The van der Waals surface area contributed by atoms with Crippen LogP contribution in [0.5, 0.6) is 0 Å². The van der Waals surface area contributed by atoms with Crippen molar-refractivity contribution in [1.29, 1.82) is 0 Å². The molecule has 114 valence electrons. The van der Waals surface area contributed by atoms with Gasteiger partial charge in [0.15, 0.2) is 0 Å². The molecular weight excluding hydrogens is 260 g/mol. The molecule has 1 amide bonds. The van der Waals surface area contributed by atoms with Crippen molar-refractivity contribution in [1.82, 2.24) is 0 Å². The van der Waals surface area contributed by atoms with Crippen LogP contribution in [-0.4, -0.2) is 19.0 Å². The average Bonchev–Trinajstić information content (AvgIpc) is 3.33. The molecule has 1 aliphatic carbocycles. The first-order valence-corrected chi connectivity index (χ1v) is 8.29. The van der Waals surface area contributed by atoms with Gasteiger partial charge in [-0.1, -0.05) is 13.8 Å². The predicted molar refractivity (Wildman–Crippen MR) is 87.6 cm³/mol. The molecule has 1 heterocycles. The third-order valence-corrected chi connectivity index (χ3v) is 5.03.